The maximum absolute atomic E-state index is 11.8. The fourth-order valence-corrected chi connectivity index (χ4v) is 2.17. The zero-order valence-corrected chi connectivity index (χ0v) is 12.2. The summed E-state index contributed by atoms with van der Waals surface area (Å²) in [5.74, 6) is 0.0585. The van der Waals surface area contributed by atoms with E-state index in [-0.39, 0.29) is 5.78 Å². The molecule has 0 amide bonds. The van der Waals surface area contributed by atoms with Crippen molar-refractivity contribution < 1.29 is 4.79 Å². The molecule has 0 bridgehead atoms. The summed E-state index contributed by atoms with van der Waals surface area (Å²) in [6.45, 7) is 3.99. The Morgan fingerprint density at radius 2 is 2.00 bits per heavy atom. The van der Waals surface area contributed by atoms with Crippen molar-refractivity contribution in [3.05, 3.63) is 47.8 Å². The number of anilines is 1. The van der Waals surface area contributed by atoms with Gasteiger partial charge in [-0.25, -0.2) is 0 Å². The van der Waals surface area contributed by atoms with E-state index in [1.165, 1.54) is 5.56 Å². The number of rotatable bonds is 5. The van der Waals surface area contributed by atoms with E-state index in [1.807, 2.05) is 20.0 Å². The molecule has 2 aromatic rings. The van der Waals surface area contributed by atoms with Gasteiger partial charge in [0, 0.05) is 25.2 Å². The van der Waals surface area contributed by atoms with Crippen LogP contribution in [-0.2, 0) is 6.42 Å². The van der Waals surface area contributed by atoms with Gasteiger partial charge in [0.15, 0.2) is 5.78 Å². The highest BCUT2D eigenvalue weighted by molar-refractivity contribution is 5.99. The number of aryl methyl sites for hydroxylation is 1. The minimum absolute atomic E-state index is 0.0585. The van der Waals surface area contributed by atoms with E-state index in [9.17, 15) is 4.79 Å². The van der Waals surface area contributed by atoms with Crippen LogP contribution in [0.5, 0.6) is 0 Å². The minimum Gasteiger partial charge on any atom is -0.386 e. The smallest absolute Gasteiger partial charge is 0.183 e. The van der Waals surface area contributed by atoms with Gasteiger partial charge in [-0.2, -0.15) is 0 Å². The molecule has 0 aliphatic rings. The molecule has 0 atom stereocenters. The number of aromatic nitrogens is 1. The van der Waals surface area contributed by atoms with Crippen LogP contribution in [0.25, 0.3) is 11.1 Å². The van der Waals surface area contributed by atoms with Gasteiger partial charge in [0.1, 0.15) is 5.69 Å². The number of nitrogens with zero attached hydrogens (tertiary/aromatic N) is 1. The molecule has 3 heteroatoms. The summed E-state index contributed by atoms with van der Waals surface area (Å²) in [5.41, 5.74) is 4.75. The van der Waals surface area contributed by atoms with Crippen molar-refractivity contribution >= 4 is 11.5 Å². The van der Waals surface area contributed by atoms with Crippen LogP contribution in [0.4, 0.5) is 5.69 Å². The molecule has 0 aliphatic carbocycles. The molecule has 20 heavy (non-hydrogen) atoms. The fraction of sp³-hybridized carbons (Fsp3) is 0.294. The van der Waals surface area contributed by atoms with Gasteiger partial charge in [0.2, 0.25) is 0 Å². The number of pyridine rings is 1. The summed E-state index contributed by atoms with van der Waals surface area (Å²) in [5, 5.41) is 3.07. The lowest BCUT2D eigenvalue weighted by Gasteiger charge is -2.10. The minimum atomic E-state index is 0.0585. The Kier molecular flexibility index (Phi) is 4.51. The lowest BCUT2D eigenvalue weighted by molar-refractivity contribution is 0.0984. The first-order valence-corrected chi connectivity index (χ1v) is 6.99. The van der Waals surface area contributed by atoms with Gasteiger partial charge < -0.3 is 5.32 Å². The number of Topliss-reactive ketones (excluding diaryl/α,β-unsaturated/α-hetero) is 1. The largest absolute Gasteiger partial charge is 0.386 e. The van der Waals surface area contributed by atoms with Crippen molar-refractivity contribution in [2.75, 3.05) is 12.4 Å². The van der Waals surface area contributed by atoms with Gasteiger partial charge in [-0.1, -0.05) is 38.1 Å². The second-order valence-corrected chi connectivity index (χ2v) is 4.70. The van der Waals surface area contributed by atoms with Crippen LogP contribution in [0.15, 0.2) is 36.5 Å². The van der Waals surface area contributed by atoms with E-state index in [4.69, 9.17) is 0 Å². The fourth-order valence-electron chi connectivity index (χ4n) is 2.17. The summed E-state index contributed by atoms with van der Waals surface area (Å²) in [6.07, 6.45) is 3.25. The average molecular weight is 268 g/mol. The SMILES string of the molecule is CCC(=O)c1ncc(-c2cccc(CC)c2)cc1NC. The van der Waals surface area contributed by atoms with Crippen LogP contribution in [-0.4, -0.2) is 17.8 Å². The van der Waals surface area contributed by atoms with E-state index in [0.29, 0.717) is 12.1 Å². The predicted molar refractivity (Wildman–Crippen MR) is 83.2 cm³/mol. The maximum Gasteiger partial charge on any atom is 0.183 e. The molecule has 0 spiro atoms. The molecule has 1 heterocycles. The van der Waals surface area contributed by atoms with E-state index in [0.717, 1.165) is 23.2 Å². The van der Waals surface area contributed by atoms with Crippen molar-refractivity contribution in [1.82, 2.24) is 4.98 Å². The Morgan fingerprint density at radius 3 is 2.65 bits per heavy atom. The summed E-state index contributed by atoms with van der Waals surface area (Å²) in [4.78, 5) is 16.2. The highest BCUT2D eigenvalue weighted by atomic mass is 16.1. The molecule has 3 nitrogen and oxygen atoms in total. The number of hydrogen-bond acceptors (Lipinski definition) is 3. The summed E-state index contributed by atoms with van der Waals surface area (Å²) in [6, 6.07) is 10.4. The number of ketones is 1. The number of nitrogens with one attached hydrogen (secondary N) is 1. The molecule has 0 saturated carbocycles. The van der Waals surface area contributed by atoms with Gasteiger partial charge in [0.05, 0.1) is 5.69 Å². The van der Waals surface area contributed by atoms with E-state index < -0.39 is 0 Å². The first-order chi connectivity index (χ1) is 9.69. The second kappa shape index (κ2) is 6.33. The molecule has 104 valence electrons. The molecule has 0 unspecified atom stereocenters. The van der Waals surface area contributed by atoms with Gasteiger partial charge in [-0.15, -0.1) is 0 Å². The van der Waals surface area contributed by atoms with Crippen molar-refractivity contribution in [1.29, 1.82) is 0 Å². The molecule has 0 saturated heterocycles. The normalized spacial score (nSPS) is 10.3. The number of carbonyl (C=O) groups excluding carboxylic acids is 1. The molecule has 0 aliphatic heterocycles. The van der Waals surface area contributed by atoms with Crippen LogP contribution in [0.2, 0.25) is 0 Å². The Morgan fingerprint density at radius 1 is 1.20 bits per heavy atom. The average Bonchev–Trinajstić information content (AvgIpc) is 2.53. The lowest BCUT2D eigenvalue weighted by Crippen LogP contribution is -2.05. The number of benzene rings is 1. The molecular weight excluding hydrogens is 248 g/mol. The molecule has 1 N–H and O–H groups in total. The van der Waals surface area contributed by atoms with Crippen LogP contribution in [0, 0.1) is 0 Å². The Labute approximate surface area is 120 Å². The van der Waals surface area contributed by atoms with Gasteiger partial charge in [0.25, 0.3) is 0 Å². The van der Waals surface area contributed by atoms with Crippen molar-refractivity contribution in [2.24, 2.45) is 0 Å². The van der Waals surface area contributed by atoms with E-state index >= 15 is 0 Å². The molecular formula is C17H20N2O. The summed E-state index contributed by atoms with van der Waals surface area (Å²) >= 11 is 0. The molecule has 1 aromatic heterocycles. The van der Waals surface area contributed by atoms with Gasteiger partial charge >= 0.3 is 0 Å². The first kappa shape index (κ1) is 14.3. The third kappa shape index (κ3) is 2.87. The van der Waals surface area contributed by atoms with Crippen molar-refractivity contribution in [2.45, 2.75) is 26.7 Å². The Bertz CT molecular complexity index is 620. The second-order valence-electron chi connectivity index (χ2n) is 4.70. The molecule has 0 fully saturated rings. The topological polar surface area (TPSA) is 42.0 Å². The Balaban J connectivity index is 2.45. The van der Waals surface area contributed by atoms with E-state index in [1.54, 1.807) is 6.20 Å². The van der Waals surface area contributed by atoms with Crippen molar-refractivity contribution in [3.8, 4) is 11.1 Å². The zero-order chi connectivity index (χ0) is 14.5. The quantitative estimate of drug-likeness (QED) is 0.835. The van der Waals surface area contributed by atoms with Crippen LogP contribution in [0.1, 0.15) is 36.3 Å². The highest BCUT2D eigenvalue weighted by Gasteiger charge is 2.12. The molecule has 0 radical (unpaired) electrons. The van der Waals surface area contributed by atoms with Crippen LogP contribution >= 0.6 is 0 Å². The van der Waals surface area contributed by atoms with Crippen molar-refractivity contribution in [3.63, 3.8) is 0 Å². The zero-order valence-electron chi connectivity index (χ0n) is 12.2. The standard InChI is InChI=1S/C17H20N2O/c1-4-12-7-6-8-13(9-12)14-10-15(18-3)17(19-11-14)16(20)5-2/h6-11,18H,4-5H2,1-3H3. The highest BCUT2D eigenvalue weighted by Crippen LogP contribution is 2.25. The third-order valence-electron chi connectivity index (χ3n) is 3.41. The Hall–Kier alpha value is -2.16. The van der Waals surface area contributed by atoms with Crippen LogP contribution < -0.4 is 5.32 Å². The summed E-state index contributed by atoms with van der Waals surface area (Å²) in [7, 11) is 1.82. The third-order valence-corrected chi connectivity index (χ3v) is 3.41. The molecule has 1 aromatic carbocycles. The predicted octanol–water partition coefficient (Wildman–Crippen LogP) is 3.95. The monoisotopic (exact) mass is 268 g/mol. The van der Waals surface area contributed by atoms with E-state index in [2.05, 4.69) is 41.5 Å². The van der Waals surface area contributed by atoms with Gasteiger partial charge in [-0.05, 0) is 23.6 Å². The number of carbonyl (C=O) groups is 1. The number of hydrogen-bond donors (Lipinski definition) is 1. The lowest BCUT2D eigenvalue weighted by atomic mass is 10.0. The summed E-state index contributed by atoms with van der Waals surface area (Å²) < 4.78 is 0. The molecule has 2 rings (SSSR count). The first-order valence-electron chi connectivity index (χ1n) is 6.99. The maximum atomic E-state index is 11.8. The van der Waals surface area contributed by atoms with Gasteiger partial charge in [-0.3, -0.25) is 9.78 Å². The van der Waals surface area contributed by atoms with Crippen LogP contribution in [0.3, 0.4) is 0 Å².